The number of hydrogen-bond donors (Lipinski definition) is 2. The lowest BCUT2D eigenvalue weighted by Crippen LogP contribution is -2.15. The second kappa shape index (κ2) is 7.23. The summed E-state index contributed by atoms with van der Waals surface area (Å²) in [6.07, 6.45) is -4.60. The molecule has 0 fully saturated rings. The Balaban J connectivity index is 1.76. The summed E-state index contributed by atoms with van der Waals surface area (Å²) in [7, 11) is 0. The van der Waals surface area contributed by atoms with E-state index in [1.165, 1.54) is 30.3 Å². The molecule has 0 spiro atoms. The summed E-state index contributed by atoms with van der Waals surface area (Å²) in [6.45, 7) is 1.66. The lowest BCUT2D eigenvalue weighted by molar-refractivity contribution is -0.136. The van der Waals surface area contributed by atoms with Crippen molar-refractivity contribution in [2.45, 2.75) is 13.1 Å². The number of aryl methyl sites for hydroxylation is 1. The molecule has 2 N–H and O–H groups in total. The van der Waals surface area contributed by atoms with Crippen molar-refractivity contribution in [1.29, 1.82) is 0 Å². The summed E-state index contributed by atoms with van der Waals surface area (Å²) in [5.41, 5.74) is -1.23. The van der Waals surface area contributed by atoms with E-state index in [9.17, 15) is 18.0 Å². The van der Waals surface area contributed by atoms with Gasteiger partial charge in [0.05, 0.1) is 11.3 Å². The molecule has 7 nitrogen and oxygen atoms in total. The molecule has 1 aromatic carbocycles. The van der Waals surface area contributed by atoms with Gasteiger partial charge in [-0.3, -0.25) is 4.79 Å². The molecule has 27 heavy (non-hydrogen) atoms. The highest BCUT2D eigenvalue weighted by molar-refractivity contribution is 6.30. The zero-order valence-electron chi connectivity index (χ0n) is 13.6. The lowest BCUT2D eigenvalue weighted by Gasteiger charge is -2.14. The second-order valence-electron chi connectivity index (χ2n) is 5.39. The van der Waals surface area contributed by atoms with Crippen LogP contribution in [0.2, 0.25) is 5.02 Å². The average Bonchev–Trinajstić information content (AvgIpc) is 3.01. The number of benzene rings is 1. The minimum Gasteiger partial charge on any atom is -0.360 e. The van der Waals surface area contributed by atoms with Crippen molar-refractivity contribution in [3.8, 4) is 0 Å². The van der Waals surface area contributed by atoms with E-state index in [1.54, 1.807) is 6.92 Å². The van der Waals surface area contributed by atoms with Crippen molar-refractivity contribution in [1.82, 2.24) is 15.4 Å². The molecule has 1 amide bonds. The van der Waals surface area contributed by atoms with Crippen LogP contribution < -0.4 is 10.6 Å². The van der Waals surface area contributed by atoms with Crippen LogP contribution in [-0.4, -0.2) is 21.3 Å². The molecule has 0 aliphatic rings. The summed E-state index contributed by atoms with van der Waals surface area (Å²) < 4.78 is 44.1. The number of carbonyl (C=O) groups is 1. The Morgan fingerprint density at radius 1 is 1.11 bits per heavy atom. The Kier molecular flexibility index (Phi) is 5.00. The first kappa shape index (κ1) is 18.6. The highest BCUT2D eigenvalue weighted by Gasteiger charge is 2.34. The standard InChI is InChI=1S/C16H11ClF3N5O2/c1-8-6-14(25-27-8)22-15(26)12-4-5-13(24-23-12)21-11-3-2-9(17)7-10(11)16(18,19)20/h2-7H,1H3,(H,21,24)(H,22,25,26). The Labute approximate surface area is 155 Å². The fourth-order valence-corrected chi connectivity index (χ4v) is 2.30. The van der Waals surface area contributed by atoms with Crippen LogP contribution in [0.25, 0.3) is 0 Å². The van der Waals surface area contributed by atoms with E-state index < -0.39 is 17.6 Å². The van der Waals surface area contributed by atoms with E-state index in [0.29, 0.717) is 5.76 Å². The topological polar surface area (TPSA) is 92.9 Å². The van der Waals surface area contributed by atoms with Crippen molar-refractivity contribution in [2.75, 3.05) is 10.6 Å². The molecule has 0 radical (unpaired) electrons. The van der Waals surface area contributed by atoms with Crippen LogP contribution in [0, 0.1) is 6.92 Å². The minimum absolute atomic E-state index is 0.0247. The van der Waals surface area contributed by atoms with Gasteiger partial charge in [-0.05, 0) is 37.3 Å². The largest absolute Gasteiger partial charge is 0.418 e. The molecule has 3 aromatic rings. The summed E-state index contributed by atoms with van der Waals surface area (Å²) in [4.78, 5) is 12.0. The number of aromatic nitrogens is 3. The van der Waals surface area contributed by atoms with Gasteiger partial charge in [0.1, 0.15) is 5.76 Å². The smallest absolute Gasteiger partial charge is 0.360 e. The summed E-state index contributed by atoms with van der Waals surface area (Å²) in [5, 5.41) is 15.9. The van der Waals surface area contributed by atoms with E-state index in [-0.39, 0.29) is 28.0 Å². The quantitative estimate of drug-likeness (QED) is 0.676. The van der Waals surface area contributed by atoms with E-state index in [4.69, 9.17) is 16.1 Å². The number of nitrogens with one attached hydrogen (secondary N) is 2. The van der Waals surface area contributed by atoms with Gasteiger partial charge in [-0.1, -0.05) is 16.8 Å². The van der Waals surface area contributed by atoms with Gasteiger partial charge in [0, 0.05) is 11.1 Å². The number of amides is 1. The van der Waals surface area contributed by atoms with E-state index >= 15 is 0 Å². The first-order valence-electron chi connectivity index (χ1n) is 7.44. The molecule has 0 saturated heterocycles. The Bertz CT molecular complexity index is 973. The van der Waals surface area contributed by atoms with Crippen LogP contribution in [0.3, 0.4) is 0 Å². The monoisotopic (exact) mass is 397 g/mol. The SMILES string of the molecule is Cc1cc(NC(=O)c2ccc(Nc3ccc(Cl)cc3C(F)(F)F)nn2)no1. The van der Waals surface area contributed by atoms with Crippen molar-refractivity contribution in [2.24, 2.45) is 0 Å². The van der Waals surface area contributed by atoms with Crippen LogP contribution in [0.1, 0.15) is 21.8 Å². The molecule has 0 aliphatic heterocycles. The minimum atomic E-state index is -4.60. The second-order valence-corrected chi connectivity index (χ2v) is 5.83. The zero-order valence-corrected chi connectivity index (χ0v) is 14.4. The Hall–Kier alpha value is -3.14. The lowest BCUT2D eigenvalue weighted by atomic mass is 10.1. The van der Waals surface area contributed by atoms with Crippen LogP contribution in [0.15, 0.2) is 40.9 Å². The van der Waals surface area contributed by atoms with Crippen molar-refractivity contribution in [3.63, 3.8) is 0 Å². The van der Waals surface area contributed by atoms with Crippen molar-refractivity contribution >= 4 is 34.8 Å². The zero-order chi connectivity index (χ0) is 19.6. The fraction of sp³-hybridized carbons (Fsp3) is 0.125. The number of alkyl halides is 3. The molecule has 11 heteroatoms. The fourth-order valence-electron chi connectivity index (χ4n) is 2.12. The highest BCUT2D eigenvalue weighted by atomic mass is 35.5. The van der Waals surface area contributed by atoms with Gasteiger partial charge in [-0.2, -0.15) is 13.2 Å². The van der Waals surface area contributed by atoms with Crippen molar-refractivity contribution in [3.05, 3.63) is 58.4 Å². The third kappa shape index (κ3) is 4.53. The number of hydrogen-bond acceptors (Lipinski definition) is 6. The highest BCUT2D eigenvalue weighted by Crippen LogP contribution is 2.37. The molecule has 140 valence electrons. The number of rotatable bonds is 4. The summed E-state index contributed by atoms with van der Waals surface area (Å²) in [5.74, 6) is 0.151. The Morgan fingerprint density at radius 2 is 1.89 bits per heavy atom. The molecule has 0 saturated carbocycles. The van der Waals surface area contributed by atoms with Gasteiger partial charge >= 0.3 is 6.18 Å². The maximum absolute atomic E-state index is 13.1. The predicted octanol–water partition coefficient (Wildman–Crippen LogP) is 4.44. The number of nitrogens with zero attached hydrogens (tertiary/aromatic N) is 3. The molecule has 0 bridgehead atoms. The molecule has 0 atom stereocenters. The van der Waals surface area contributed by atoms with Crippen LogP contribution in [-0.2, 0) is 6.18 Å². The summed E-state index contributed by atoms with van der Waals surface area (Å²) >= 11 is 5.64. The molecule has 2 heterocycles. The predicted molar refractivity (Wildman–Crippen MR) is 91.0 cm³/mol. The van der Waals surface area contributed by atoms with Crippen LogP contribution in [0.4, 0.5) is 30.5 Å². The third-order valence-corrected chi connectivity index (χ3v) is 3.55. The average molecular weight is 398 g/mol. The molecule has 0 unspecified atom stereocenters. The Morgan fingerprint density at radius 3 is 2.48 bits per heavy atom. The first-order valence-corrected chi connectivity index (χ1v) is 7.82. The van der Waals surface area contributed by atoms with Gasteiger partial charge < -0.3 is 15.2 Å². The van der Waals surface area contributed by atoms with E-state index in [0.717, 1.165) is 6.07 Å². The normalized spacial score (nSPS) is 11.3. The van der Waals surface area contributed by atoms with Gasteiger partial charge in [0.2, 0.25) is 0 Å². The maximum Gasteiger partial charge on any atom is 0.418 e. The number of carbonyl (C=O) groups excluding carboxylic acids is 1. The van der Waals surface area contributed by atoms with Crippen LogP contribution in [0.5, 0.6) is 0 Å². The molecule has 3 rings (SSSR count). The molecule has 2 aromatic heterocycles. The van der Waals surface area contributed by atoms with Crippen LogP contribution >= 0.6 is 11.6 Å². The molecular weight excluding hydrogens is 387 g/mol. The van der Waals surface area contributed by atoms with Crippen molar-refractivity contribution < 1.29 is 22.5 Å². The molecule has 0 aliphatic carbocycles. The van der Waals surface area contributed by atoms with Gasteiger partial charge in [0.25, 0.3) is 5.91 Å². The first-order chi connectivity index (χ1) is 12.7. The van der Waals surface area contributed by atoms with E-state index in [2.05, 4.69) is 26.0 Å². The van der Waals surface area contributed by atoms with Gasteiger partial charge in [0.15, 0.2) is 17.3 Å². The number of halogens is 4. The van der Waals surface area contributed by atoms with Gasteiger partial charge in [-0.25, -0.2) is 0 Å². The van der Waals surface area contributed by atoms with Gasteiger partial charge in [-0.15, -0.1) is 10.2 Å². The third-order valence-electron chi connectivity index (χ3n) is 3.32. The van der Waals surface area contributed by atoms with E-state index in [1.807, 2.05) is 0 Å². The maximum atomic E-state index is 13.1. The number of anilines is 3. The molecular formula is C16H11ClF3N5O2. The summed E-state index contributed by atoms with van der Waals surface area (Å²) in [6, 6.07) is 7.44.